The van der Waals surface area contributed by atoms with Crippen LogP contribution in [0.25, 0.3) is 0 Å². The van der Waals surface area contributed by atoms with Crippen LogP contribution in [-0.4, -0.2) is 54.6 Å². The number of hydrogen-bond donors (Lipinski definition) is 2. The summed E-state index contributed by atoms with van der Waals surface area (Å²) >= 11 is 0. The molecule has 2 N–H and O–H groups in total. The van der Waals surface area contributed by atoms with Gasteiger partial charge in [0.1, 0.15) is 0 Å². The molecule has 8 heteroatoms. The lowest BCUT2D eigenvalue weighted by Gasteiger charge is -2.15. The Kier molecular flexibility index (Phi) is 5.09. The lowest BCUT2D eigenvalue weighted by atomic mass is 10.2. The zero-order valence-corrected chi connectivity index (χ0v) is 11.1. The molecule has 1 atom stereocenters. The predicted molar refractivity (Wildman–Crippen MR) is 64.5 cm³/mol. The Bertz CT molecular complexity index is 420. The van der Waals surface area contributed by atoms with Crippen molar-refractivity contribution in [3.05, 3.63) is 0 Å². The van der Waals surface area contributed by atoms with Gasteiger partial charge in [0.25, 0.3) is 0 Å². The topological polar surface area (TPSA) is 104 Å². The second-order valence-electron chi connectivity index (χ2n) is 4.39. The largest absolute Gasteiger partial charge is 0.481 e. The van der Waals surface area contributed by atoms with Gasteiger partial charge in [-0.1, -0.05) is 0 Å². The van der Waals surface area contributed by atoms with Gasteiger partial charge < -0.3 is 10.4 Å². The fraction of sp³-hybridized carbons (Fsp3) is 0.800. The van der Waals surface area contributed by atoms with Crippen LogP contribution < -0.4 is 5.32 Å². The average molecular weight is 278 g/mol. The number of rotatable bonds is 6. The molecule has 0 aromatic carbocycles. The highest BCUT2D eigenvalue weighted by Crippen LogP contribution is 2.13. The van der Waals surface area contributed by atoms with Crippen LogP contribution in [0.1, 0.15) is 26.2 Å². The number of carbonyl (C=O) groups excluding carboxylic acids is 1. The molecule has 0 saturated carbocycles. The van der Waals surface area contributed by atoms with Crippen molar-refractivity contribution < 1.29 is 23.1 Å². The molecule has 0 spiro atoms. The van der Waals surface area contributed by atoms with E-state index < -0.39 is 22.0 Å². The molecule has 1 unspecified atom stereocenters. The van der Waals surface area contributed by atoms with E-state index >= 15 is 0 Å². The molecule has 18 heavy (non-hydrogen) atoms. The van der Waals surface area contributed by atoms with Gasteiger partial charge in [0.2, 0.25) is 15.9 Å². The summed E-state index contributed by atoms with van der Waals surface area (Å²) in [5.74, 6) is -1.17. The summed E-state index contributed by atoms with van der Waals surface area (Å²) in [5.41, 5.74) is 0. The van der Waals surface area contributed by atoms with Gasteiger partial charge in [0.05, 0.1) is 12.2 Å². The first-order chi connectivity index (χ1) is 8.31. The van der Waals surface area contributed by atoms with E-state index in [1.165, 1.54) is 4.31 Å². The Morgan fingerprint density at radius 2 is 2.11 bits per heavy atom. The van der Waals surface area contributed by atoms with Crippen molar-refractivity contribution in [3.8, 4) is 0 Å². The molecule has 104 valence electrons. The highest BCUT2D eigenvalue weighted by atomic mass is 32.2. The Morgan fingerprint density at radius 3 is 2.61 bits per heavy atom. The van der Waals surface area contributed by atoms with Gasteiger partial charge in [-0.25, -0.2) is 12.7 Å². The van der Waals surface area contributed by atoms with E-state index in [2.05, 4.69) is 5.32 Å². The molecule has 0 aromatic rings. The van der Waals surface area contributed by atoms with Gasteiger partial charge in [-0.05, 0) is 13.3 Å². The van der Waals surface area contributed by atoms with Crippen LogP contribution in [0.4, 0.5) is 0 Å². The average Bonchev–Trinajstić information content (AvgIpc) is 2.53. The third-order valence-electron chi connectivity index (χ3n) is 2.68. The minimum Gasteiger partial charge on any atom is -0.481 e. The highest BCUT2D eigenvalue weighted by Gasteiger charge is 2.28. The summed E-state index contributed by atoms with van der Waals surface area (Å²) in [5, 5.41) is 11.1. The fourth-order valence-corrected chi connectivity index (χ4v) is 3.36. The minimum absolute atomic E-state index is 0.0587. The van der Waals surface area contributed by atoms with E-state index in [0.717, 1.165) is 0 Å². The molecule has 0 aliphatic carbocycles. The summed E-state index contributed by atoms with van der Waals surface area (Å²) in [6.45, 7) is 2.22. The van der Waals surface area contributed by atoms with Crippen molar-refractivity contribution in [3.63, 3.8) is 0 Å². The molecule has 1 amide bonds. The van der Waals surface area contributed by atoms with E-state index in [0.29, 0.717) is 13.0 Å². The quantitative estimate of drug-likeness (QED) is 0.674. The SMILES string of the molecule is CC(CC(=O)O)NC(=O)CCN1CCCS1(=O)=O. The molecule has 0 aromatic heterocycles. The standard InChI is InChI=1S/C10H18N2O5S/c1-8(7-10(14)15)11-9(13)3-5-12-4-2-6-18(12,16)17/h8H,2-7H2,1H3,(H,11,13)(H,14,15). The summed E-state index contributed by atoms with van der Waals surface area (Å²) in [4.78, 5) is 21.9. The molecule has 1 aliphatic rings. The van der Waals surface area contributed by atoms with Crippen molar-refractivity contribution >= 4 is 21.9 Å². The third kappa shape index (κ3) is 4.61. The van der Waals surface area contributed by atoms with E-state index in [1.54, 1.807) is 6.92 Å². The summed E-state index contributed by atoms with van der Waals surface area (Å²) in [7, 11) is -3.17. The predicted octanol–water partition coefficient (Wildman–Crippen LogP) is -0.609. The zero-order valence-electron chi connectivity index (χ0n) is 10.3. The first-order valence-electron chi connectivity index (χ1n) is 5.80. The maximum atomic E-state index is 11.5. The van der Waals surface area contributed by atoms with Gasteiger partial charge in [-0.2, -0.15) is 0 Å². The van der Waals surface area contributed by atoms with Gasteiger partial charge >= 0.3 is 5.97 Å². The van der Waals surface area contributed by atoms with Crippen LogP contribution in [0, 0.1) is 0 Å². The Labute approximate surface area is 106 Å². The van der Waals surface area contributed by atoms with Gasteiger partial charge in [0, 0.05) is 25.6 Å². The highest BCUT2D eigenvalue weighted by molar-refractivity contribution is 7.89. The van der Waals surface area contributed by atoms with E-state index in [-0.39, 0.29) is 31.0 Å². The first-order valence-corrected chi connectivity index (χ1v) is 7.41. The lowest BCUT2D eigenvalue weighted by Crippen LogP contribution is -2.37. The minimum atomic E-state index is -3.17. The number of sulfonamides is 1. The molecule has 1 saturated heterocycles. The van der Waals surface area contributed by atoms with Crippen molar-refractivity contribution in [2.75, 3.05) is 18.8 Å². The van der Waals surface area contributed by atoms with Crippen LogP contribution in [0.15, 0.2) is 0 Å². The smallest absolute Gasteiger partial charge is 0.305 e. The molecule has 0 radical (unpaired) electrons. The lowest BCUT2D eigenvalue weighted by molar-refractivity contribution is -0.137. The normalized spacial score (nSPS) is 20.5. The zero-order chi connectivity index (χ0) is 13.8. The number of carboxylic acid groups (broad SMARTS) is 1. The number of nitrogens with zero attached hydrogens (tertiary/aromatic N) is 1. The molecule has 7 nitrogen and oxygen atoms in total. The Balaban J connectivity index is 2.31. The number of aliphatic carboxylic acids is 1. The second-order valence-corrected chi connectivity index (χ2v) is 6.47. The number of carboxylic acids is 1. The maximum Gasteiger partial charge on any atom is 0.305 e. The Hall–Kier alpha value is -1.15. The fourth-order valence-electron chi connectivity index (χ4n) is 1.83. The molecule has 1 heterocycles. The molecular weight excluding hydrogens is 260 g/mol. The van der Waals surface area contributed by atoms with E-state index in [9.17, 15) is 18.0 Å². The van der Waals surface area contributed by atoms with Crippen molar-refractivity contribution in [1.29, 1.82) is 0 Å². The first kappa shape index (κ1) is 14.9. The Morgan fingerprint density at radius 1 is 1.44 bits per heavy atom. The van der Waals surface area contributed by atoms with Gasteiger partial charge in [-0.3, -0.25) is 9.59 Å². The maximum absolute atomic E-state index is 11.5. The summed E-state index contributed by atoms with van der Waals surface area (Å²) < 4.78 is 24.2. The summed E-state index contributed by atoms with van der Waals surface area (Å²) in [6, 6.07) is -0.454. The van der Waals surface area contributed by atoms with Crippen LogP contribution in [0.2, 0.25) is 0 Å². The molecule has 1 fully saturated rings. The second kappa shape index (κ2) is 6.14. The molecular formula is C10H18N2O5S. The van der Waals surface area contributed by atoms with Crippen LogP contribution in [-0.2, 0) is 19.6 Å². The van der Waals surface area contributed by atoms with Crippen LogP contribution >= 0.6 is 0 Å². The number of carbonyl (C=O) groups is 2. The van der Waals surface area contributed by atoms with E-state index in [1.807, 2.05) is 0 Å². The van der Waals surface area contributed by atoms with E-state index in [4.69, 9.17) is 5.11 Å². The van der Waals surface area contributed by atoms with Crippen molar-refractivity contribution in [2.45, 2.75) is 32.2 Å². The van der Waals surface area contributed by atoms with Crippen molar-refractivity contribution in [2.24, 2.45) is 0 Å². The molecule has 1 rings (SSSR count). The number of nitrogens with one attached hydrogen (secondary N) is 1. The van der Waals surface area contributed by atoms with Crippen molar-refractivity contribution in [1.82, 2.24) is 9.62 Å². The van der Waals surface area contributed by atoms with Gasteiger partial charge in [-0.15, -0.1) is 0 Å². The van der Waals surface area contributed by atoms with Gasteiger partial charge in [0.15, 0.2) is 0 Å². The monoisotopic (exact) mass is 278 g/mol. The molecule has 1 aliphatic heterocycles. The summed E-state index contributed by atoms with van der Waals surface area (Å²) in [6.07, 6.45) is 0.510. The number of hydrogen-bond acceptors (Lipinski definition) is 4. The number of amides is 1. The molecule has 0 bridgehead atoms. The van der Waals surface area contributed by atoms with Crippen LogP contribution in [0.3, 0.4) is 0 Å². The van der Waals surface area contributed by atoms with Crippen LogP contribution in [0.5, 0.6) is 0 Å². The third-order valence-corrected chi connectivity index (χ3v) is 4.64.